The Bertz CT molecular complexity index is 509. The monoisotopic (exact) mass is 286 g/mol. The summed E-state index contributed by atoms with van der Waals surface area (Å²) < 4.78 is 0. The van der Waals surface area contributed by atoms with Gasteiger partial charge in [-0.25, -0.2) is 4.90 Å². The largest absolute Gasteiger partial charge is 0.305 e. The molecule has 1 saturated carbocycles. The van der Waals surface area contributed by atoms with Crippen LogP contribution in [0, 0.1) is 5.92 Å². The lowest BCUT2D eigenvalue weighted by Gasteiger charge is -2.23. The first kappa shape index (κ1) is 14.3. The van der Waals surface area contributed by atoms with Crippen molar-refractivity contribution in [1.82, 2.24) is 5.32 Å². The van der Waals surface area contributed by atoms with E-state index in [1.165, 1.54) is 37.0 Å². The maximum absolute atomic E-state index is 12.4. The van der Waals surface area contributed by atoms with Gasteiger partial charge in [0, 0.05) is 0 Å². The molecule has 1 aliphatic carbocycles. The van der Waals surface area contributed by atoms with Crippen molar-refractivity contribution in [2.45, 2.75) is 44.6 Å². The molecule has 1 N–H and O–H groups in total. The Morgan fingerprint density at radius 2 is 1.76 bits per heavy atom. The van der Waals surface area contributed by atoms with Crippen molar-refractivity contribution in [3.8, 4) is 0 Å². The fourth-order valence-electron chi connectivity index (χ4n) is 3.34. The number of nitrogens with one attached hydrogen (secondary N) is 1. The molecule has 21 heavy (non-hydrogen) atoms. The second-order valence-corrected chi connectivity index (χ2v) is 6.07. The zero-order chi connectivity index (χ0) is 14.7. The van der Waals surface area contributed by atoms with Gasteiger partial charge in [0.2, 0.25) is 5.91 Å². The van der Waals surface area contributed by atoms with Gasteiger partial charge in [-0.3, -0.25) is 9.59 Å². The predicted molar refractivity (Wildman–Crippen MR) is 81.9 cm³/mol. The van der Waals surface area contributed by atoms with E-state index in [0.717, 1.165) is 6.54 Å². The van der Waals surface area contributed by atoms with Gasteiger partial charge in [-0.2, -0.15) is 0 Å². The Morgan fingerprint density at radius 3 is 2.48 bits per heavy atom. The molecule has 1 unspecified atom stereocenters. The first-order valence-electron chi connectivity index (χ1n) is 7.91. The summed E-state index contributed by atoms with van der Waals surface area (Å²) in [4.78, 5) is 25.9. The minimum absolute atomic E-state index is 0.104. The Morgan fingerprint density at radius 1 is 1.05 bits per heavy atom. The van der Waals surface area contributed by atoms with Crippen LogP contribution in [0.5, 0.6) is 0 Å². The van der Waals surface area contributed by atoms with Crippen LogP contribution in [0.1, 0.15) is 38.5 Å². The summed E-state index contributed by atoms with van der Waals surface area (Å²) >= 11 is 0. The molecule has 112 valence electrons. The number of para-hydroxylation sites is 1. The third-order valence-corrected chi connectivity index (χ3v) is 4.54. The van der Waals surface area contributed by atoms with Gasteiger partial charge in [0.25, 0.3) is 5.91 Å². The van der Waals surface area contributed by atoms with E-state index in [2.05, 4.69) is 5.32 Å². The van der Waals surface area contributed by atoms with Crippen molar-refractivity contribution in [2.24, 2.45) is 5.92 Å². The number of benzene rings is 1. The molecule has 2 aliphatic rings. The van der Waals surface area contributed by atoms with Crippen molar-refractivity contribution in [1.29, 1.82) is 0 Å². The number of rotatable bonds is 4. The van der Waals surface area contributed by atoms with Crippen molar-refractivity contribution >= 4 is 17.5 Å². The minimum atomic E-state index is -0.348. The Balaban J connectivity index is 1.61. The number of hydrogen-bond acceptors (Lipinski definition) is 3. The fraction of sp³-hybridized carbons (Fsp3) is 0.529. The van der Waals surface area contributed by atoms with Crippen LogP contribution < -0.4 is 10.2 Å². The van der Waals surface area contributed by atoms with Crippen molar-refractivity contribution in [3.63, 3.8) is 0 Å². The highest BCUT2D eigenvalue weighted by atomic mass is 16.2. The molecule has 0 aromatic heterocycles. The first-order chi connectivity index (χ1) is 10.3. The number of amides is 2. The molecule has 4 nitrogen and oxygen atoms in total. The van der Waals surface area contributed by atoms with E-state index >= 15 is 0 Å². The number of nitrogens with zero attached hydrogens (tertiary/aromatic N) is 1. The van der Waals surface area contributed by atoms with Gasteiger partial charge in [-0.1, -0.05) is 37.5 Å². The number of anilines is 1. The zero-order valence-corrected chi connectivity index (χ0v) is 12.3. The molecular weight excluding hydrogens is 264 g/mol. The molecule has 4 heteroatoms. The second-order valence-electron chi connectivity index (χ2n) is 6.07. The predicted octanol–water partition coefficient (Wildman–Crippen LogP) is 2.49. The number of hydrogen-bond donors (Lipinski definition) is 1. The average molecular weight is 286 g/mol. The van der Waals surface area contributed by atoms with Crippen LogP contribution in [0.4, 0.5) is 5.69 Å². The molecule has 0 spiro atoms. The fourth-order valence-corrected chi connectivity index (χ4v) is 3.34. The summed E-state index contributed by atoms with van der Waals surface area (Å²) in [5.41, 5.74) is 0.675. The van der Waals surface area contributed by atoms with E-state index in [1.54, 1.807) is 12.1 Å². The van der Waals surface area contributed by atoms with Gasteiger partial charge in [-0.15, -0.1) is 0 Å². The molecule has 1 atom stereocenters. The lowest BCUT2D eigenvalue weighted by atomic mass is 9.89. The first-order valence-corrected chi connectivity index (χ1v) is 7.91. The molecule has 1 aromatic carbocycles. The van der Waals surface area contributed by atoms with E-state index in [0.29, 0.717) is 11.6 Å². The molecule has 1 saturated heterocycles. The van der Waals surface area contributed by atoms with Crippen LogP contribution in [0.3, 0.4) is 0 Å². The maximum atomic E-state index is 12.4. The van der Waals surface area contributed by atoms with Crippen LogP contribution in [-0.2, 0) is 9.59 Å². The third kappa shape index (κ3) is 3.16. The van der Waals surface area contributed by atoms with Crippen molar-refractivity contribution in [3.05, 3.63) is 30.3 Å². The molecular formula is C17H22N2O2. The van der Waals surface area contributed by atoms with E-state index in [4.69, 9.17) is 0 Å². The topological polar surface area (TPSA) is 49.4 Å². The SMILES string of the molecule is O=C1CC(NCC2CCCCC2)C(=O)N1c1ccccc1. The van der Waals surface area contributed by atoms with Crippen LogP contribution in [0.2, 0.25) is 0 Å². The van der Waals surface area contributed by atoms with Gasteiger partial charge < -0.3 is 5.32 Å². The summed E-state index contributed by atoms with van der Waals surface area (Å²) in [5.74, 6) is 0.446. The lowest BCUT2D eigenvalue weighted by molar-refractivity contribution is -0.121. The highest BCUT2D eigenvalue weighted by molar-refractivity contribution is 6.22. The summed E-state index contributed by atoms with van der Waals surface area (Å²) in [7, 11) is 0. The van der Waals surface area contributed by atoms with E-state index in [-0.39, 0.29) is 24.3 Å². The second kappa shape index (κ2) is 6.39. The standard InChI is InChI=1S/C17H22N2O2/c20-16-11-15(18-12-13-7-3-1-4-8-13)17(21)19(16)14-9-5-2-6-10-14/h2,5-6,9-10,13,15,18H,1,3-4,7-8,11-12H2. The van der Waals surface area contributed by atoms with Crippen LogP contribution in [0.15, 0.2) is 30.3 Å². The molecule has 3 rings (SSSR count). The van der Waals surface area contributed by atoms with Gasteiger partial charge in [-0.05, 0) is 37.4 Å². The summed E-state index contributed by atoms with van der Waals surface area (Å²) in [6, 6.07) is 8.84. The number of carbonyl (C=O) groups is 2. The lowest BCUT2D eigenvalue weighted by Crippen LogP contribution is -2.41. The quantitative estimate of drug-likeness (QED) is 0.865. The summed E-state index contributed by atoms with van der Waals surface area (Å²) in [6.07, 6.45) is 6.67. The van der Waals surface area contributed by atoms with Gasteiger partial charge in [0.15, 0.2) is 0 Å². The Hall–Kier alpha value is -1.68. The summed E-state index contributed by atoms with van der Waals surface area (Å²) in [6.45, 7) is 0.853. The van der Waals surface area contributed by atoms with Crippen molar-refractivity contribution in [2.75, 3.05) is 11.4 Å². The molecule has 0 bridgehead atoms. The Labute approximate surface area is 125 Å². The molecule has 2 fully saturated rings. The zero-order valence-electron chi connectivity index (χ0n) is 12.3. The normalized spacial score (nSPS) is 23.8. The highest BCUT2D eigenvalue weighted by Crippen LogP contribution is 2.25. The van der Waals surface area contributed by atoms with Gasteiger partial charge in [0.1, 0.15) is 0 Å². The van der Waals surface area contributed by atoms with Crippen LogP contribution in [0.25, 0.3) is 0 Å². The molecule has 1 aromatic rings. The molecule has 0 radical (unpaired) electrons. The maximum Gasteiger partial charge on any atom is 0.251 e. The van der Waals surface area contributed by atoms with E-state index in [9.17, 15) is 9.59 Å². The van der Waals surface area contributed by atoms with Crippen molar-refractivity contribution < 1.29 is 9.59 Å². The highest BCUT2D eigenvalue weighted by Gasteiger charge is 2.39. The van der Waals surface area contributed by atoms with Gasteiger partial charge >= 0.3 is 0 Å². The minimum Gasteiger partial charge on any atom is -0.305 e. The van der Waals surface area contributed by atoms with E-state index < -0.39 is 0 Å². The number of imide groups is 1. The number of carbonyl (C=O) groups excluding carboxylic acids is 2. The van der Waals surface area contributed by atoms with Crippen LogP contribution >= 0.6 is 0 Å². The Kier molecular flexibility index (Phi) is 4.34. The molecule has 2 amide bonds. The van der Waals surface area contributed by atoms with E-state index in [1.807, 2.05) is 18.2 Å². The summed E-state index contributed by atoms with van der Waals surface area (Å²) in [5, 5.41) is 3.32. The molecule has 1 aliphatic heterocycles. The average Bonchev–Trinajstić information content (AvgIpc) is 2.81. The molecule has 1 heterocycles. The third-order valence-electron chi connectivity index (χ3n) is 4.54. The van der Waals surface area contributed by atoms with Crippen LogP contribution in [-0.4, -0.2) is 24.4 Å². The smallest absolute Gasteiger partial charge is 0.251 e. The van der Waals surface area contributed by atoms with Gasteiger partial charge in [0.05, 0.1) is 18.2 Å².